The largest absolute Gasteiger partial charge is 0.385 e. The Bertz CT molecular complexity index is 274. The summed E-state index contributed by atoms with van der Waals surface area (Å²) >= 11 is 0. The lowest BCUT2D eigenvalue weighted by Gasteiger charge is -2.32. The van der Waals surface area contributed by atoms with Crippen molar-refractivity contribution in [1.82, 2.24) is 10.2 Å². The molecule has 0 aromatic heterocycles. The topological polar surface area (TPSA) is 50.8 Å². The van der Waals surface area contributed by atoms with Gasteiger partial charge in [-0.05, 0) is 31.7 Å². The van der Waals surface area contributed by atoms with Crippen LogP contribution in [-0.2, 0) is 14.3 Å². The molecule has 20 heavy (non-hydrogen) atoms. The Labute approximate surface area is 123 Å². The van der Waals surface area contributed by atoms with E-state index in [0.29, 0.717) is 38.1 Å². The molecule has 0 aromatic rings. The van der Waals surface area contributed by atoms with Crippen LogP contribution in [0.25, 0.3) is 0 Å². The monoisotopic (exact) mass is 286 g/mol. The number of carbonyl (C=O) groups excluding carboxylic acids is 1. The third kappa shape index (κ3) is 6.20. The molecule has 2 unspecified atom stereocenters. The van der Waals surface area contributed by atoms with Gasteiger partial charge in [0.15, 0.2) is 0 Å². The second-order valence-electron chi connectivity index (χ2n) is 5.60. The highest BCUT2D eigenvalue weighted by atomic mass is 16.5. The average Bonchev–Trinajstić information content (AvgIpc) is 2.45. The Morgan fingerprint density at radius 1 is 1.25 bits per heavy atom. The van der Waals surface area contributed by atoms with E-state index >= 15 is 0 Å². The van der Waals surface area contributed by atoms with E-state index in [9.17, 15) is 4.79 Å². The van der Waals surface area contributed by atoms with Crippen molar-refractivity contribution in [3.8, 4) is 0 Å². The molecular weight excluding hydrogens is 256 g/mol. The van der Waals surface area contributed by atoms with Gasteiger partial charge in [0.1, 0.15) is 0 Å². The van der Waals surface area contributed by atoms with E-state index < -0.39 is 0 Å². The van der Waals surface area contributed by atoms with Crippen molar-refractivity contribution in [2.45, 2.75) is 38.6 Å². The first-order valence-electron chi connectivity index (χ1n) is 7.68. The number of hydrogen-bond acceptors (Lipinski definition) is 4. The minimum absolute atomic E-state index is 0.226. The number of methoxy groups -OCH3 is 2. The van der Waals surface area contributed by atoms with Crippen LogP contribution >= 0.6 is 0 Å². The van der Waals surface area contributed by atoms with E-state index in [1.807, 2.05) is 4.90 Å². The van der Waals surface area contributed by atoms with Gasteiger partial charge < -0.3 is 19.7 Å². The maximum atomic E-state index is 12.4. The summed E-state index contributed by atoms with van der Waals surface area (Å²) in [5.74, 6) is 0.806. The first kappa shape index (κ1) is 17.4. The zero-order valence-electron chi connectivity index (χ0n) is 13.2. The van der Waals surface area contributed by atoms with Crippen molar-refractivity contribution in [3.05, 3.63) is 0 Å². The molecule has 0 aliphatic carbocycles. The number of hydrogen-bond donors (Lipinski definition) is 1. The number of carbonyl (C=O) groups is 1. The second kappa shape index (κ2) is 10.1. The van der Waals surface area contributed by atoms with Crippen molar-refractivity contribution >= 4 is 5.91 Å². The van der Waals surface area contributed by atoms with Gasteiger partial charge in [-0.2, -0.15) is 0 Å². The Morgan fingerprint density at radius 3 is 2.65 bits per heavy atom. The van der Waals surface area contributed by atoms with Gasteiger partial charge in [0.25, 0.3) is 0 Å². The average molecular weight is 286 g/mol. The minimum atomic E-state index is 0.226. The predicted molar refractivity (Wildman–Crippen MR) is 79.8 cm³/mol. The van der Waals surface area contributed by atoms with Crippen LogP contribution in [0.4, 0.5) is 0 Å². The molecule has 1 aliphatic heterocycles. The van der Waals surface area contributed by atoms with Gasteiger partial charge in [-0.1, -0.05) is 6.92 Å². The molecule has 5 heteroatoms. The number of piperidine rings is 1. The third-order valence-electron chi connectivity index (χ3n) is 4.02. The fraction of sp³-hybridized carbons (Fsp3) is 0.933. The highest BCUT2D eigenvalue weighted by Gasteiger charge is 2.25. The van der Waals surface area contributed by atoms with Crippen LogP contribution in [-0.4, -0.2) is 63.9 Å². The molecule has 2 atom stereocenters. The molecule has 118 valence electrons. The van der Waals surface area contributed by atoms with Crippen LogP contribution in [0.5, 0.6) is 0 Å². The SMILES string of the molecule is COCCCN(CCOC)C(=O)CC1NCCCC1C. The van der Waals surface area contributed by atoms with E-state index in [2.05, 4.69) is 12.2 Å². The lowest BCUT2D eigenvalue weighted by molar-refractivity contribution is -0.133. The molecular formula is C15H30N2O3. The standard InChI is InChI=1S/C15H30N2O3/c1-13-6-4-7-16-14(13)12-15(18)17(9-11-20-3)8-5-10-19-2/h13-14,16H,4-12H2,1-3H3. The summed E-state index contributed by atoms with van der Waals surface area (Å²) in [6.07, 6.45) is 3.90. The third-order valence-corrected chi connectivity index (χ3v) is 4.02. The van der Waals surface area contributed by atoms with Gasteiger partial charge in [-0.15, -0.1) is 0 Å². The Balaban J connectivity index is 2.43. The number of nitrogens with one attached hydrogen (secondary N) is 1. The summed E-state index contributed by atoms with van der Waals surface area (Å²) in [5.41, 5.74) is 0. The molecule has 1 fully saturated rings. The Morgan fingerprint density at radius 2 is 2.00 bits per heavy atom. The van der Waals surface area contributed by atoms with E-state index in [1.165, 1.54) is 12.8 Å². The number of rotatable bonds is 9. The van der Waals surface area contributed by atoms with Crippen LogP contribution < -0.4 is 5.32 Å². The first-order valence-corrected chi connectivity index (χ1v) is 7.68. The van der Waals surface area contributed by atoms with E-state index in [-0.39, 0.29) is 5.91 Å². The maximum absolute atomic E-state index is 12.4. The summed E-state index contributed by atoms with van der Waals surface area (Å²) in [6, 6.07) is 0.323. The van der Waals surface area contributed by atoms with Crippen molar-refractivity contribution in [1.29, 1.82) is 0 Å². The molecule has 1 aliphatic rings. The molecule has 0 aromatic carbocycles. The molecule has 1 N–H and O–H groups in total. The van der Waals surface area contributed by atoms with Crippen LogP contribution in [0.1, 0.15) is 32.6 Å². The zero-order chi connectivity index (χ0) is 14.8. The molecule has 1 rings (SSSR count). The van der Waals surface area contributed by atoms with Gasteiger partial charge in [0.05, 0.1) is 6.61 Å². The van der Waals surface area contributed by atoms with Gasteiger partial charge in [-0.3, -0.25) is 4.79 Å². The Kier molecular flexibility index (Phi) is 8.82. The molecule has 1 saturated heterocycles. The van der Waals surface area contributed by atoms with Crippen molar-refractivity contribution in [3.63, 3.8) is 0 Å². The zero-order valence-corrected chi connectivity index (χ0v) is 13.2. The van der Waals surface area contributed by atoms with Gasteiger partial charge in [0, 0.05) is 46.4 Å². The summed E-state index contributed by atoms with van der Waals surface area (Å²) in [5, 5.41) is 3.47. The normalized spacial score (nSPS) is 22.8. The number of amides is 1. The maximum Gasteiger partial charge on any atom is 0.224 e. The van der Waals surface area contributed by atoms with E-state index in [4.69, 9.17) is 9.47 Å². The summed E-state index contributed by atoms with van der Waals surface area (Å²) in [6.45, 7) is 5.96. The van der Waals surface area contributed by atoms with E-state index in [1.54, 1.807) is 14.2 Å². The van der Waals surface area contributed by atoms with Gasteiger partial charge in [0.2, 0.25) is 5.91 Å². The molecule has 0 saturated carbocycles. The predicted octanol–water partition coefficient (Wildman–Crippen LogP) is 1.28. The quantitative estimate of drug-likeness (QED) is 0.649. The number of ether oxygens (including phenoxy) is 2. The number of nitrogens with zero attached hydrogens (tertiary/aromatic N) is 1. The molecule has 1 amide bonds. The van der Waals surface area contributed by atoms with Gasteiger partial charge in [-0.25, -0.2) is 0 Å². The van der Waals surface area contributed by atoms with Crippen LogP contribution in [0.2, 0.25) is 0 Å². The second-order valence-corrected chi connectivity index (χ2v) is 5.60. The van der Waals surface area contributed by atoms with Crippen LogP contribution in [0.15, 0.2) is 0 Å². The fourth-order valence-electron chi connectivity index (χ4n) is 2.67. The smallest absolute Gasteiger partial charge is 0.224 e. The van der Waals surface area contributed by atoms with Crippen molar-refractivity contribution in [2.75, 3.05) is 47.1 Å². The van der Waals surface area contributed by atoms with Crippen molar-refractivity contribution in [2.24, 2.45) is 5.92 Å². The van der Waals surface area contributed by atoms with Crippen molar-refractivity contribution < 1.29 is 14.3 Å². The minimum Gasteiger partial charge on any atom is -0.385 e. The molecule has 0 bridgehead atoms. The molecule has 5 nitrogen and oxygen atoms in total. The fourth-order valence-corrected chi connectivity index (χ4v) is 2.67. The van der Waals surface area contributed by atoms with Crippen LogP contribution in [0.3, 0.4) is 0 Å². The lowest BCUT2D eigenvalue weighted by atomic mass is 9.90. The molecule has 1 heterocycles. The summed E-state index contributed by atoms with van der Waals surface area (Å²) in [4.78, 5) is 14.4. The Hall–Kier alpha value is -0.650. The lowest BCUT2D eigenvalue weighted by Crippen LogP contribution is -2.45. The summed E-state index contributed by atoms with van der Waals surface area (Å²) < 4.78 is 10.2. The summed E-state index contributed by atoms with van der Waals surface area (Å²) in [7, 11) is 3.36. The van der Waals surface area contributed by atoms with Gasteiger partial charge >= 0.3 is 0 Å². The molecule has 0 radical (unpaired) electrons. The highest BCUT2D eigenvalue weighted by molar-refractivity contribution is 5.76. The first-order chi connectivity index (χ1) is 9.69. The van der Waals surface area contributed by atoms with Crippen LogP contribution in [0, 0.1) is 5.92 Å². The molecule has 0 spiro atoms. The highest BCUT2D eigenvalue weighted by Crippen LogP contribution is 2.18. The van der Waals surface area contributed by atoms with E-state index in [0.717, 1.165) is 19.5 Å².